The minimum atomic E-state index is -3.29. The third-order valence-corrected chi connectivity index (χ3v) is 3.31. The van der Waals surface area contributed by atoms with E-state index in [9.17, 15) is 18.0 Å². The zero-order valence-electron chi connectivity index (χ0n) is 12.3. The van der Waals surface area contributed by atoms with Gasteiger partial charge in [-0.05, 0) is 5.92 Å². The maximum Gasteiger partial charge on any atom is 0.330 e. The molecule has 120 valence electrons. The van der Waals surface area contributed by atoms with Crippen LogP contribution < -0.4 is 27.0 Å². The van der Waals surface area contributed by atoms with Crippen LogP contribution in [0.25, 0.3) is 0 Å². The predicted octanol–water partition coefficient (Wildman–Crippen LogP) is -1.26. The van der Waals surface area contributed by atoms with Gasteiger partial charge in [-0.1, -0.05) is 13.8 Å². The SMILES string of the molecule is CC(C)Cn1c(N)c(NCCNS(C)(=O)=O)c(=O)[nH]c1=O. The van der Waals surface area contributed by atoms with Gasteiger partial charge in [-0.15, -0.1) is 0 Å². The topological polar surface area (TPSA) is 139 Å². The Morgan fingerprint density at radius 1 is 1.29 bits per heavy atom. The molecule has 5 N–H and O–H groups in total. The van der Waals surface area contributed by atoms with E-state index in [4.69, 9.17) is 5.73 Å². The largest absolute Gasteiger partial charge is 0.383 e. The molecular formula is C11H21N5O4S. The van der Waals surface area contributed by atoms with E-state index in [0.717, 1.165) is 6.26 Å². The molecule has 0 saturated heterocycles. The van der Waals surface area contributed by atoms with Crippen molar-refractivity contribution in [3.63, 3.8) is 0 Å². The highest BCUT2D eigenvalue weighted by molar-refractivity contribution is 7.88. The monoisotopic (exact) mass is 319 g/mol. The van der Waals surface area contributed by atoms with Crippen LogP contribution in [0, 0.1) is 5.92 Å². The molecule has 0 radical (unpaired) electrons. The number of nitrogens with one attached hydrogen (secondary N) is 3. The average molecular weight is 319 g/mol. The van der Waals surface area contributed by atoms with Crippen molar-refractivity contribution in [2.24, 2.45) is 5.92 Å². The summed E-state index contributed by atoms with van der Waals surface area (Å²) in [5.41, 5.74) is 4.71. The third kappa shape index (κ3) is 5.23. The molecule has 0 aromatic carbocycles. The number of anilines is 2. The van der Waals surface area contributed by atoms with Crippen LogP contribution in [0.1, 0.15) is 13.8 Å². The molecule has 1 rings (SSSR count). The second-order valence-electron chi connectivity index (χ2n) is 5.12. The van der Waals surface area contributed by atoms with Crippen molar-refractivity contribution in [3.8, 4) is 0 Å². The molecule has 0 atom stereocenters. The number of aromatic amines is 1. The fraction of sp³-hybridized carbons (Fsp3) is 0.636. The number of nitrogens with two attached hydrogens (primary N) is 1. The van der Waals surface area contributed by atoms with Crippen LogP contribution in [0.15, 0.2) is 9.59 Å². The molecule has 9 nitrogen and oxygen atoms in total. The smallest absolute Gasteiger partial charge is 0.330 e. The number of sulfonamides is 1. The summed E-state index contributed by atoms with van der Waals surface area (Å²) in [6.45, 7) is 4.47. The molecular weight excluding hydrogens is 298 g/mol. The lowest BCUT2D eigenvalue weighted by atomic mass is 10.2. The summed E-state index contributed by atoms with van der Waals surface area (Å²) in [5, 5.41) is 2.74. The van der Waals surface area contributed by atoms with Gasteiger partial charge in [0.2, 0.25) is 10.0 Å². The number of rotatable bonds is 7. The molecule has 0 aliphatic carbocycles. The van der Waals surface area contributed by atoms with Gasteiger partial charge >= 0.3 is 5.69 Å². The number of H-pyrrole nitrogens is 1. The maximum absolute atomic E-state index is 11.7. The van der Waals surface area contributed by atoms with Crippen LogP contribution in [0.4, 0.5) is 11.5 Å². The maximum atomic E-state index is 11.7. The highest BCUT2D eigenvalue weighted by Gasteiger charge is 2.12. The van der Waals surface area contributed by atoms with Crippen LogP contribution in [0.2, 0.25) is 0 Å². The lowest BCUT2D eigenvalue weighted by Crippen LogP contribution is -2.36. The summed E-state index contributed by atoms with van der Waals surface area (Å²) in [6, 6.07) is 0. The molecule has 10 heteroatoms. The van der Waals surface area contributed by atoms with E-state index in [-0.39, 0.29) is 30.5 Å². The number of hydrogen-bond donors (Lipinski definition) is 4. The zero-order chi connectivity index (χ0) is 16.2. The summed E-state index contributed by atoms with van der Waals surface area (Å²) in [4.78, 5) is 25.6. The molecule has 0 amide bonds. The number of hydrogen-bond acceptors (Lipinski definition) is 6. The Kier molecular flexibility index (Phi) is 5.55. The molecule has 0 aliphatic heterocycles. The standard InChI is InChI=1S/C11H21N5O4S/c1-7(2)6-16-9(12)8(10(17)15-11(16)18)13-4-5-14-21(3,19)20/h7,13-14H,4-6,12H2,1-3H3,(H,15,17,18). The van der Waals surface area contributed by atoms with E-state index in [1.165, 1.54) is 4.57 Å². The Labute approximate surface area is 122 Å². The lowest BCUT2D eigenvalue weighted by molar-refractivity contribution is 0.508. The number of nitrogens with zero attached hydrogens (tertiary/aromatic N) is 1. The minimum absolute atomic E-state index is 0.0387. The summed E-state index contributed by atoms with van der Waals surface area (Å²) < 4.78 is 25.4. The van der Waals surface area contributed by atoms with Crippen molar-refractivity contribution in [1.29, 1.82) is 0 Å². The van der Waals surface area contributed by atoms with E-state index in [1.807, 2.05) is 13.8 Å². The van der Waals surface area contributed by atoms with E-state index < -0.39 is 21.3 Å². The number of aromatic nitrogens is 2. The van der Waals surface area contributed by atoms with Gasteiger partial charge in [0.15, 0.2) is 0 Å². The molecule has 1 heterocycles. The first kappa shape index (κ1) is 17.2. The molecule has 0 unspecified atom stereocenters. The Bertz CT molecular complexity index is 704. The fourth-order valence-corrected chi connectivity index (χ4v) is 2.20. The Hall–Kier alpha value is -1.81. The summed E-state index contributed by atoms with van der Waals surface area (Å²) in [5.74, 6) is 0.215. The molecule has 0 fully saturated rings. The van der Waals surface area contributed by atoms with Crippen molar-refractivity contribution in [3.05, 3.63) is 20.8 Å². The van der Waals surface area contributed by atoms with Crippen molar-refractivity contribution in [2.75, 3.05) is 30.4 Å². The zero-order valence-corrected chi connectivity index (χ0v) is 13.1. The second kappa shape index (κ2) is 6.76. The lowest BCUT2D eigenvalue weighted by Gasteiger charge is -2.15. The van der Waals surface area contributed by atoms with Gasteiger partial charge < -0.3 is 11.1 Å². The minimum Gasteiger partial charge on any atom is -0.383 e. The Morgan fingerprint density at radius 2 is 1.90 bits per heavy atom. The molecule has 1 aromatic heterocycles. The summed E-state index contributed by atoms with van der Waals surface area (Å²) in [6.07, 6.45) is 1.04. The van der Waals surface area contributed by atoms with Crippen LogP contribution in [-0.4, -0.2) is 37.3 Å². The van der Waals surface area contributed by atoms with E-state index in [0.29, 0.717) is 6.54 Å². The second-order valence-corrected chi connectivity index (χ2v) is 6.95. The molecule has 0 saturated carbocycles. The molecule has 21 heavy (non-hydrogen) atoms. The van der Waals surface area contributed by atoms with Crippen molar-refractivity contribution in [1.82, 2.24) is 14.3 Å². The first-order valence-electron chi connectivity index (χ1n) is 6.43. The van der Waals surface area contributed by atoms with E-state index >= 15 is 0 Å². The van der Waals surface area contributed by atoms with Gasteiger partial charge in [-0.25, -0.2) is 17.9 Å². The molecule has 1 aromatic rings. The van der Waals surface area contributed by atoms with E-state index in [2.05, 4.69) is 15.0 Å². The van der Waals surface area contributed by atoms with Crippen LogP contribution in [-0.2, 0) is 16.6 Å². The highest BCUT2D eigenvalue weighted by Crippen LogP contribution is 2.11. The van der Waals surface area contributed by atoms with Crippen molar-refractivity contribution < 1.29 is 8.42 Å². The van der Waals surface area contributed by atoms with Gasteiger partial charge in [-0.2, -0.15) is 0 Å². The third-order valence-electron chi connectivity index (χ3n) is 2.58. The fourth-order valence-electron chi connectivity index (χ4n) is 1.73. The summed E-state index contributed by atoms with van der Waals surface area (Å²) >= 11 is 0. The van der Waals surface area contributed by atoms with Gasteiger partial charge in [0.05, 0.1) is 6.26 Å². The Balaban J connectivity index is 2.92. The van der Waals surface area contributed by atoms with Crippen LogP contribution in [0.5, 0.6) is 0 Å². The quantitative estimate of drug-likeness (QED) is 0.462. The Morgan fingerprint density at radius 3 is 2.43 bits per heavy atom. The molecule has 0 aliphatic rings. The average Bonchev–Trinajstić information content (AvgIpc) is 2.31. The van der Waals surface area contributed by atoms with E-state index in [1.54, 1.807) is 0 Å². The van der Waals surface area contributed by atoms with Crippen molar-refractivity contribution >= 4 is 21.5 Å². The summed E-state index contributed by atoms with van der Waals surface area (Å²) in [7, 11) is -3.29. The van der Waals surface area contributed by atoms with Gasteiger partial charge in [0.1, 0.15) is 11.5 Å². The first-order valence-corrected chi connectivity index (χ1v) is 8.32. The normalized spacial score (nSPS) is 11.8. The van der Waals surface area contributed by atoms with Crippen LogP contribution >= 0.6 is 0 Å². The van der Waals surface area contributed by atoms with Gasteiger partial charge in [0, 0.05) is 19.6 Å². The van der Waals surface area contributed by atoms with Gasteiger partial charge in [0.25, 0.3) is 5.56 Å². The number of nitrogen functional groups attached to an aromatic ring is 1. The molecule has 0 spiro atoms. The van der Waals surface area contributed by atoms with Gasteiger partial charge in [-0.3, -0.25) is 14.3 Å². The van der Waals surface area contributed by atoms with Crippen LogP contribution in [0.3, 0.4) is 0 Å². The predicted molar refractivity (Wildman–Crippen MR) is 81.9 cm³/mol. The van der Waals surface area contributed by atoms with Crippen molar-refractivity contribution in [2.45, 2.75) is 20.4 Å². The first-order chi connectivity index (χ1) is 9.61. The highest BCUT2D eigenvalue weighted by atomic mass is 32.2. The molecule has 0 bridgehead atoms.